The van der Waals surface area contributed by atoms with Crippen LogP contribution in [0.4, 0.5) is 24.7 Å². The Labute approximate surface area is 288 Å². The maximum Gasteiger partial charge on any atom is 0.490 e. The van der Waals surface area contributed by atoms with Crippen LogP contribution in [0.3, 0.4) is 0 Å². The number of nitrogens with zero attached hydrogens (tertiary/aromatic N) is 1. The number of rotatable bonds is 11. The number of nitrogen functional groups attached to an aromatic ring is 1. The van der Waals surface area contributed by atoms with Crippen molar-refractivity contribution in [2.75, 3.05) is 17.7 Å². The van der Waals surface area contributed by atoms with Crippen LogP contribution in [0.15, 0.2) is 77.8 Å². The fourth-order valence-electron chi connectivity index (χ4n) is 4.61. The van der Waals surface area contributed by atoms with Crippen LogP contribution in [-0.4, -0.2) is 54.0 Å². The van der Waals surface area contributed by atoms with E-state index in [0.29, 0.717) is 40.7 Å². The lowest BCUT2D eigenvalue weighted by Gasteiger charge is -2.24. The van der Waals surface area contributed by atoms with Gasteiger partial charge in [0.15, 0.2) is 21.3 Å². The number of sulfone groups is 1. The topological polar surface area (TPSA) is 170 Å². The second-order valence-electron chi connectivity index (χ2n) is 12.3. The minimum absolute atomic E-state index is 0.0231. The van der Waals surface area contributed by atoms with Gasteiger partial charge in [-0.25, -0.2) is 18.2 Å². The molecule has 4 rings (SSSR count). The fraction of sp³-hybridized carbons (Fsp3) is 0.343. The molecule has 1 heterocycles. The third-order valence-electron chi connectivity index (χ3n) is 7.10. The summed E-state index contributed by atoms with van der Waals surface area (Å²) in [4.78, 5) is 27.1. The molecule has 0 radical (unpaired) electrons. The van der Waals surface area contributed by atoms with E-state index in [1.54, 1.807) is 63.4 Å². The molecule has 0 spiro atoms. The SMILES string of the molecule is CCOc1cc(C(Nc2ccc3c(N)nccc3c2)C(=O)NCc2ccccc2S(=O)(=O)C(C)(C)C)ccc1OC(C)C.O=C(O)C(F)(F)F. The van der Waals surface area contributed by atoms with Gasteiger partial charge in [-0.2, -0.15) is 13.2 Å². The van der Waals surface area contributed by atoms with Crippen molar-refractivity contribution in [1.29, 1.82) is 0 Å². The first-order chi connectivity index (χ1) is 23.3. The molecule has 4 aromatic rings. The number of nitrogens with one attached hydrogen (secondary N) is 2. The van der Waals surface area contributed by atoms with Gasteiger partial charge in [0.2, 0.25) is 5.91 Å². The van der Waals surface area contributed by atoms with Crippen molar-refractivity contribution < 1.29 is 45.8 Å². The van der Waals surface area contributed by atoms with Gasteiger partial charge in [0, 0.05) is 23.8 Å². The monoisotopic (exact) mass is 718 g/mol. The van der Waals surface area contributed by atoms with E-state index in [2.05, 4.69) is 15.6 Å². The van der Waals surface area contributed by atoms with Gasteiger partial charge in [0.05, 0.1) is 22.4 Å². The van der Waals surface area contributed by atoms with Gasteiger partial charge in [-0.05, 0) is 101 Å². The van der Waals surface area contributed by atoms with Crippen molar-refractivity contribution >= 4 is 44.0 Å². The molecule has 15 heteroatoms. The maximum atomic E-state index is 13.9. The Bertz CT molecular complexity index is 1930. The maximum absolute atomic E-state index is 13.9. The first-order valence-electron chi connectivity index (χ1n) is 15.5. The van der Waals surface area contributed by atoms with E-state index >= 15 is 0 Å². The number of amides is 1. The van der Waals surface area contributed by atoms with Gasteiger partial charge in [-0.3, -0.25) is 4.79 Å². The van der Waals surface area contributed by atoms with Gasteiger partial charge in [-0.1, -0.05) is 24.3 Å². The highest BCUT2D eigenvalue weighted by Crippen LogP contribution is 2.34. The third kappa shape index (κ3) is 10.00. The average Bonchev–Trinajstić information content (AvgIpc) is 3.03. The van der Waals surface area contributed by atoms with Crippen molar-refractivity contribution in [3.05, 3.63) is 84.1 Å². The van der Waals surface area contributed by atoms with Crippen LogP contribution in [0.2, 0.25) is 0 Å². The lowest BCUT2D eigenvalue weighted by atomic mass is 10.0. The number of hydrogen-bond acceptors (Lipinski definition) is 9. The van der Waals surface area contributed by atoms with Crippen molar-refractivity contribution in [3.8, 4) is 11.5 Å². The van der Waals surface area contributed by atoms with Gasteiger partial charge in [-0.15, -0.1) is 0 Å². The zero-order valence-corrected chi connectivity index (χ0v) is 29.3. The molecule has 270 valence electrons. The van der Waals surface area contributed by atoms with Crippen molar-refractivity contribution in [2.24, 2.45) is 0 Å². The Morgan fingerprint density at radius 1 is 0.980 bits per heavy atom. The Kier molecular flexibility index (Phi) is 12.7. The summed E-state index contributed by atoms with van der Waals surface area (Å²) in [6.45, 7) is 11.2. The van der Waals surface area contributed by atoms with Crippen molar-refractivity contribution in [2.45, 2.75) is 76.1 Å². The molecule has 11 nitrogen and oxygen atoms in total. The van der Waals surface area contributed by atoms with Crippen LogP contribution in [0, 0.1) is 0 Å². The zero-order valence-electron chi connectivity index (χ0n) is 28.5. The Morgan fingerprint density at radius 3 is 2.24 bits per heavy atom. The highest BCUT2D eigenvalue weighted by molar-refractivity contribution is 7.92. The number of alkyl halides is 3. The summed E-state index contributed by atoms with van der Waals surface area (Å²) in [5.74, 6) is -1.59. The van der Waals surface area contributed by atoms with Gasteiger partial charge in [0.25, 0.3) is 0 Å². The molecular formula is C35H41F3N4O7S. The molecule has 3 aromatic carbocycles. The van der Waals surface area contributed by atoms with Gasteiger partial charge >= 0.3 is 12.1 Å². The normalized spacial score (nSPS) is 12.4. The molecule has 0 fully saturated rings. The molecule has 0 aliphatic heterocycles. The number of nitrogens with two attached hydrogens (primary N) is 1. The van der Waals surface area contributed by atoms with Gasteiger partial charge < -0.3 is 30.9 Å². The quantitative estimate of drug-likeness (QED) is 0.131. The van der Waals surface area contributed by atoms with Crippen LogP contribution < -0.4 is 25.8 Å². The van der Waals surface area contributed by atoms with Crippen LogP contribution in [0.25, 0.3) is 10.8 Å². The lowest BCUT2D eigenvalue weighted by Crippen LogP contribution is -2.34. The smallest absolute Gasteiger partial charge is 0.490 e. The van der Waals surface area contributed by atoms with Crippen LogP contribution in [0.5, 0.6) is 11.5 Å². The second-order valence-corrected chi connectivity index (χ2v) is 14.9. The fourth-order valence-corrected chi connectivity index (χ4v) is 6.01. The highest BCUT2D eigenvalue weighted by Gasteiger charge is 2.38. The molecule has 0 saturated heterocycles. The Hall–Kier alpha value is -5.05. The number of carboxylic acid groups (broad SMARTS) is 1. The molecule has 1 unspecified atom stereocenters. The molecule has 0 bridgehead atoms. The molecular weight excluding hydrogens is 677 g/mol. The molecule has 0 aliphatic rings. The number of pyridine rings is 1. The van der Waals surface area contributed by atoms with Crippen molar-refractivity contribution in [1.82, 2.24) is 10.3 Å². The first kappa shape index (κ1) is 39.4. The molecule has 1 atom stereocenters. The Morgan fingerprint density at radius 2 is 1.64 bits per heavy atom. The minimum atomic E-state index is -5.08. The number of fused-ring (bicyclic) bond motifs is 1. The molecule has 1 amide bonds. The van der Waals surface area contributed by atoms with E-state index in [1.807, 2.05) is 51.1 Å². The van der Waals surface area contributed by atoms with E-state index < -0.39 is 32.8 Å². The van der Waals surface area contributed by atoms with E-state index in [0.717, 1.165) is 10.8 Å². The zero-order chi connectivity index (χ0) is 37.4. The number of anilines is 2. The average molecular weight is 719 g/mol. The van der Waals surface area contributed by atoms with E-state index in [1.165, 1.54) is 0 Å². The number of ether oxygens (including phenoxy) is 2. The minimum Gasteiger partial charge on any atom is -0.490 e. The lowest BCUT2D eigenvalue weighted by molar-refractivity contribution is -0.192. The Balaban J connectivity index is 0.000000872. The number of carbonyl (C=O) groups is 2. The number of carboxylic acids is 1. The van der Waals surface area contributed by atoms with Crippen molar-refractivity contribution in [3.63, 3.8) is 0 Å². The number of halogens is 3. The number of carbonyl (C=O) groups excluding carboxylic acids is 1. The number of aromatic nitrogens is 1. The summed E-state index contributed by atoms with van der Waals surface area (Å²) in [6.07, 6.45) is -3.51. The standard InChI is InChI=1S/C33H40N4O5S.C2HF3O2/c1-7-41-28-19-23(12-15-27(28)42-21(2)3)30(37-25-13-14-26-22(18-25)16-17-35-31(26)34)32(38)36-20-24-10-8-9-11-29(24)43(39,40)33(4,5)6;3-2(4,5)1(6)7/h8-19,21,30,37H,7,20H2,1-6H3,(H2,34,35)(H,36,38);(H,6,7). The molecule has 5 N–H and O–H groups in total. The van der Waals surface area contributed by atoms with Gasteiger partial charge in [0.1, 0.15) is 11.9 Å². The third-order valence-corrected chi connectivity index (χ3v) is 9.69. The molecule has 0 saturated carbocycles. The van der Waals surface area contributed by atoms with E-state index in [-0.39, 0.29) is 23.5 Å². The first-order valence-corrected chi connectivity index (χ1v) is 17.0. The largest absolute Gasteiger partial charge is 0.490 e. The summed E-state index contributed by atoms with van der Waals surface area (Å²) < 4.78 is 69.1. The molecule has 1 aromatic heterocycles. The van der Waals surface area contributed by atoms with E-state index in [4.69, 9.17) is 25.1 Å². The predicted molar refractivity (Wildman–Crippen MR) is 185 cm³/mol. The van der Waals surface area contributed by atoms with E-state index in [9.17, 15) is 26.4 Å². The summed E-state index contributed by atoms with van der Waals surface area (Å²) in [5.41, 5.74) is 7.88. The number of benzene rings is 3. The van der Waals surface area contributed by atoms with Crippen LogP contribution in [-0.2, 0) is 26.0 Å². The second kappa shape index (κ2) is 16.1. The predicted octanol–water partition coefficient (Wildman–Crippen LogP) is 6.68. The molecule has 50 heavy (non-hydrogen) atoms. The highest BCUT2D eigenvalue weighted by atomic mass is 32.2. The van der Waals surface area contributed by atoms with Crippen LogP contribution in [0.1, 0.15) is 58.7 Å². The number of aliphatic carboxylic acids is 1. The summed E-state index contributed by atoms with van der Waals surface area (Å²) >= 11 is 0. The summed E-state index contributed by atoms with van der Waals surface area (Å²) in [6, 6.07) is 18.7. The number of hydrogen-bond donors (Lipinski definition) is 4. The van der Waals surface area contributed by atoms with Crippen LogP contribution >= 0.6 is 0 Å². The molecule has 0 aliphatic carbocycles. The summed E-state index contributed by atoms with van der Waals surface area (Å²) in [7, 11) is -3.64. The summed E-state index contributed by atoms with van der Waals surface area (Å²) in [5, 5.41) is 15.1.